The lowest BCUT2D eigenvalue weighted by Gasteiger charge is -2.12. The maximum atomic E-state index is 9.59. The van der Waals surface area contributed by atoms with Gasteiger partial charge in [0.05, 0.1) is 6.10 Å². The van der Waals surface area contributed by atoms with Crippen molar-refractivity contribution in [3.63, 3.8) is 0 Å². The second-order valence-corrected chi connectivity index (χ2v) is 5.97. The van der Waals surface area contributed by atoms with Crippen LogP contribution in [-0.2, 0) is 0 Å². The Hall–Kier alpha value is 0.310. The van der Waals surface area contributed by atoms with E-state index in [1.165, 1.54) is 6.42 Å². The summed E-state index contributed by atoms with van der Waals surface area (Å²) >= 11 is 1.85. The molecule has 0 aromatic carbocycles. The molecule has 0 radical (unpaired) electrons. The summed E-state index contributed by atoms with van der Waals surface area (Å²) in [5.74, 6) is 1.67. The third kappa shape index (κ3) is 10.2. The van der Waals surface area contributed by atoms with Crippen LogP contribution in [0.4, 0.5) is 0 Å². The van der Waals surface area contributed by atoms with Crippen LogP contribution in [0.3, 0.4) is 0 Å². The molecule has 0 amide bonds. The first-order valence-electron chi connectivity index (χ1n) is 5.32. The molecule has 0 saturated carbocycles. The molecule has 0 aliphatic rings. The highest BCUT2D eigenvalue weighted by Gasteiger charge is 2.05. The second kappa shape index (κ2) is 7.69. The fraction of sp³-hybridized carbons (Fsp3) is 1.00. The van der Waals surface area contributed by atoms with Gasteiger partial charge in [-0.15, -0.1) is 0 Å². The molecular weight excluding hydrogens is 180 g/mol. The van der Waals surface area contributed by atoms with Gasteiger partial charge in [0.15, 0.2) is 0 Å². The van der Waals surface area contributed by atoms with Crippen LogP contribution in [0.25, 0.3) is 0 Å². The molecular formula is C11H24OS. The van der Waals surface area contributed by atoms with Crippen molar-refractivity contribution in [1.29, 1.82) is 0 Å². The first kappa shape index (κ1) is 13.3. The monoisotopic (exact) mass is 204 g/mol. The number of rotatable bonds is 7. The molecule has 0 bridgehead atoms. The molecule has 0 spiro atoms. The van der Waals surface area contributed by atoms with Crippen LogP contribution in [0, 0.1) is 5.92 Å². The van der Waals surface area contributed by atoms with Crippen molar-refractivity contribution in [2.75, 3.05) is 5.75 Å². The van der Waals surface area contributed by atoms with Crippen molar-refractivity contribution in [2.45, 2.75) is 58.3 Å². The summed E-state index contributed by atoms with van der Waals surface area (Å²) in [5.41, 5.74) is 0. The lowest BCUT2D eigenvalue weighted by Crippen LogP contribution is -2.11. The molecule has 0 aliphatic heterocycles. The lowest BCUT2D eigenvalue weighted by atomic mass is 10.1. The van der Waals surface area contributed by atoms with Crippen molar-refractivity contribution in [3.8, 4) is 0 Å². The summed E-state index contributed by atoms with van der Waals surface area (Å²) in [5, 5.41) is 10.2. The van der Waals surface area contributed by atoms with Gasteiger partial charge in [-0.2, -0.15) is 11.8 Å². The molecule has 0 saturated heterocycles. The minimum Gasteiger partial charge on any atom is -0.392 e. The Kier molecular flexibility index (Phi) is 7.87. The maximum Gasteiger partial charge on any atom is 0.0630 e. The fourth-order valence-corrected chi connectivity index (χ4v) is 1.92. The van der Waals surface area contributed by atoms with Crippen molar-refractivity contribution in [1.82, 2.24) is 0 Å². The molecule has 0 aromatic heterocycles. The van der Waals surface area contributed by atoms with Gasteiger partial charge in [0.2, 0.25) is 0 Å². The quantitative estimate of drug-likeness (QED) is 0.686. The first-order chi connectivity index (χ1) is 6.02. The zero-order chi connectivity index (χ0) is 10.3. The zero-order valence-electron chi connectivity index (χ0n) is 9.42. The summed E-state index contributed by atoms with van der Waals surface area (Å²) in [6.07, 6.45) is 3.28. The van der Waals surface area contributed by atoms with E-state index in [2.05, 4.69) is 27.7 Å². The number of hydrogen-bond donors (Lipinski definition) is 1. The van der Waals surface area contributed by atoms with Crippen LogP contribution in [0.2, 0.25) is 0 Å². The van der Waals surface area contributed by atoms with Gasteiger partial charge >= 0.3 is 0 Å². The summed E-state index contributed by atoms with van der Waals surface area (Å²) in [6.45, 7) is 8.81. The molecule has 0 aromatic rings. The van der Waals surface area contributed by atoms with Gasteiger partial charge in [0.25, 0.3) is 0 Å². The Labute approximate surface area is 87.3 Å². The summed E-state index contributed by atoms with van der Waals surface area (Å²) < 4.78 is 0. The Bertz CT molecular complexity index is 113. The van der Waals surface area contributed by atoms with Gasteiger partial charge < -0.3 is 5.11 Å². The van der Waals surface area contributed by atoms with E-state index in [0.29, 0.717) is 5.25 Å². The molecule has 1 nitrogen and oxygen atoms in total. The molecule has 0 heterocycles. The average Bonchev–Trinajstić information content (AvgIpc) is 2.00. The van der Waals surface area contributed by atoms with Crippen molar-refractivity contribution in [3.05, 3.63) is 0 Å². The molecule has 13 heavy (non-hydrogen) atoms. The average molecular weight is 204 g/mol. The highest BCUT2D eigenvalue weighted by molar-refractivity contribution is 7.99. The van der Waals surface area contributed by atoms with Crippen molar-refractivity contribution in [2.24, 2.45) is 5.92 Å². The van der Waals surface area contributed by atoms with Crippen molar-refractivity contribution < 1.29 is 5.11 Å². The van der Waals surface area contributed by atoms with Gasteiger partial charge in [-0.05, 0) is 17.6 Å². The Morgan fingerprint density at radius 2 is 1.69 bits per heavy atom. The third-order valence-electron chi connectivity index (χ3n) is 1.94. The molecule has 1 N–H and O–H groups in total. The van der Waals surface area contributed by atoms with E-state index in [1.54, 1.807) is 0 Å². The topological polar surface area (TPSA) is 20.2 Å². The van der Waals surface area contributed by atoms with Crippen LogP contribution < -0.4 is 0 Å². The summed E-state index contributed by atoms with van der Waals surface area (Å²) in [7, 11) is 0. The predicted molar refractivity (Wildman–Crippen MR) is 62.3 cm³/mol. The fourth-order valence-electron chi connectivity index (χ4n) is 1.15. The first-order valence-corrected chi connectivity index (χ1v) is 6.37. The van der Waals surface area contributed by atoms with Crippen LogP contribution in [0.1, 0.15) is 47.0 Å². The third-order valence-corrected chi connectivity index (χ3v) is 3.18. The largest absolute Gasteiger partial charge is 0.392 e. The van der Waals surface area contributed by atoms with Crippen LogP contribution in [0.15, 0.2) is 0 Å². The van der Waals surface area contributed by atoms with Crippen LogP contribution in [0.5, 0.6) is 0 Å². The van der Waals surface area contributed by atoms with E-state index in [0.717, 1.165) is 24.5 Å². The van der Waals surface area contributed by atoms with Gasteiger partial charge in [0, 0.05) is 5.75 Å². The SMILES string of the molecule is CC(C)CCCC(O)CSC(C)C. The highest BCUT2D eigenvalue weighted by atomic mass is 32.2. The zero-order valence-corrected chi connectivity index (χ0v) is 10.2. The number of aliphatic hydroxyl groups is 1. The standard InChI is InChI=1S/C11H24OS/c1-9(2)6-5-7-11(12)8-13-10(3)4/h9-12H,5-8H2,1-4H3. The normalized spacial score (nSPS) is 14.1. The van der Waals surface area contributed by atoms with Gasteiger partial charge in [-0.1, -0.05) is 40.5 Å². The Balaban J connectivity index is 3.25. The molecule has 0 aliphatic carbocycles. The summed E-state index contributed by atoms with van der Waals surface area (Å²) in [6, 6.07) is 0. The molecule has 1 atom stereocenters. The summed E-state index contributed by atoms with van der Waals surface area (Å²) in [4.78, 5) is 0. The number of aliphatic hydroxyl groups excluding tert-OH is 1. The molecule has 1 unspecified atom stereocenters. The van der Waals surface area contributed by atoms with E-state index in [9.17, 15) is 5.11 Å². The van der Waals surface area contributed by atoms with Crippen molar-refractivity contribution >= 4 is 11.8 Å². The van der Waals surface area contributed by atoms with E-state index in [-0.39, 0.29) is 6.10 Å². The molecule has 0 rings (SSSR count). The number of thioether (sulfide) groups is 1. The smallest absolute Gasteiger partial charge is 0.0630 e. The van der Waals surface area contributed by atoms with E-state index in [4.69, 9.17) is 0 Å². The lowest BCUT2D eigenvalue weighted by molar-refractivity contribution is 0.183. The molecule has 80 valence electrons. The van der Waals surface area contributed by atoms with Gasteiger partial charge in [0.1, 0.15) is 0 Å². The van der Waals surface area contributed by atoms with Gasteiger partial charge in [-0.25, -0.2) is 0 Å². The predicted octanol–water partition coefficient (Wildman–Crippen LogP) is 3.32. The van der Waals surface area contributed by atoms with E-state index >= 15 is 0 Å². The second-order valence-electron chi connectivity index (χ2n) is 4.36. The molecule has 0 fully saturated rings. The Morgan fingerprint density at radius 1 is 1.08 bits per heavy atom. The minimum atomic E-state index is -0.0915. The van der Waals surface area contributed by atoms with E-state index in [1.807, 2.05) is 11.8 Å². The van der Waals surface area contributed by atoms with E-state index < -0.39 is 0 Å². The Morgan fingerprint density at radius 3 is 2.15 bits per heavy atom. The maximum absolute atomic E-state index is 9.59. The number of hydrogen-bond acceptors (Lipinski definition) is 2. The molecule has 2 heteroatoms. The van der Waals surface area contributed by atoms with Crippen LogP contribution in [-0.4, -0.2) is 22.2 Å². The highest BCUT2D eigenvalue weighted by Crippen LogP contribution is 2.15. The van der Waals surface area contributed by atoms with Crippen LogP contribution >= 0.6 is 11.8 Å². The van der Waals surface area contributed by atoms with Gasteiger partial charge in [-0.3, -0.25) is 0 Å². The minimum absolute atomic E-state index is 0.0915.